The van der Waals surface area contributed by atoms with Crippen LogP contribution in [0.3, 0.4) is 0 Å². The highest BCUT2D eigenvalue weighted by Crippen LogP contribution is 2.42. The molecule has 0 radical (unpaired) electrons. The van der Waals surface area contributed by atoms with Gasteiger partial charge in [-0.2, -0.15) is 0 Å². The van der Waals surface area contributed by atoms with E-state index < -0.39 is 0 Å². The molecule has 1 fully saturated rings. The Balaban J connectivity index is 2.20. The van der Waals surface area contributed by atoms with Crippen LogP contribution < -0.4 is 5.32 Å². The lowest BCUT2D eigenvalue weighted by atomic mass is 9.73. The summed E-state index contributed by atoms with van der Waals surface area (Å²) in [5.41, 5.74) is 1.48. The topological polar surface area (TPSA) is 12.0 Å². The van der Waals surface area contributed by atoms with E-state index in [2.05, 4.69) is 37.5 Å². The molecule has 1 nitrogen and oxygen atoms in total. The third-order valence-corrected chi connectivity index (χ3v) is 5.63. The lowest BCUT2D eigenvalue weighted by molar-refractivity contribution is 0.178. The molecule has 1 aromatic heterocycles. The van der Waals surface area contributed by atoms with Crippen molar-refractivity contribution in [3.05, 3.63) is 21.9 Å². The zero-order valence-corrected chi connectivity index (χ0v) is 12.9. The number of hydrogen-bond donors (Lipinski definition) is 1. The van der Waals surface area contributed by atoms with E-state index in [0.717, 1.165) is 18.4 Å². The minimum Gasteiger partial charge on any atom is -0.309 e. The van der Waals surface area contributed by atoms with E-state index in [1.807, 2.05) is 11.3 Å². The highest BCUT2D eigenvalue weighted by molar-refractivity contribution is 7.10. The SMILES string of the molecule is CCNC(c1sccc1C)C1CCCCC1CC. The fourth-order valence-corrected chi connectivity index (χ4v) is 4.62. The molecule has 1 heterocycles. The third kappa shape index (κ3) is 2.97. The van der Waals surface area contributed by atoms with Gasteiger partial charge in [0, 0.05) is 10.9 Å². The van der Waals surface area contributed by atoms with Crippen LogP contribution in [0.15, 0.2) is 11.4 Å². The van der Waals surface area contributed by atoms with Crippen LogP contribution in [0, 0.1) is 18.8 Å². The van der Waals surface area contributed by atoms with Crippen LogP contribution in [-0.2, 0) is 0 Å². The summed E-state index contributed by atoms with van der Waals surface area (Å²) in [6.07, 6.45) is 7.06. The van der Waals surface area contributed by atoms with Gasteiger partial charge >= 0.3 is 0 Å². The second-order valence-corrected chi connectivity index (χ2v) is 6.57. The number of rotatable bonds is 5. The monoisotopic (exact) mass is 265 g/mol. The summed E-state index contributed by atoms with van der Waals surface area (Å²) in [6, 6.07) is 2.87. The molecule has 18 heavy (non-hydrogen) atoms. The van der Waals surface area contributed by atoms with E-state index in [-0.39, 0.29) is 0 Å². The normalized spacial score (nSPS) is 26.2. The molecule has 2 rings (SSSR count). The molecular weight excluding hydrogens is 238 g/mol. The Labute approximate surface area is 116 Å². The second kappa shape index (κ2) is 6.72. The first kappa shape index (κ1) is 14.1. The van der Waals surface area contributed by atoms with E-state index in [0.29, 0.717) is 6.04 Å². The number of nitrogens with one attached hydrogen (secondary N) is 1. The second-order valence-electron chi connectivity index (χ2n) is 5.62. The zero-order valence-electron chi connectivity index (χ0n) is 12.0. The lowest BCUT2D eigenvalue weighted by Gasteiger charge is -2.37. The largest absolute Gasteiger partial charge is 0.309 e. The summed E-state index contributed by atoms with van der Waals surface area (Å²) in [5.74, 6) is 1.77. The molecule has 0 aromatic carbocycles. The molecule has 0 amide bonds. The molecular formula is C16H27NS. The van der Waals surface area contributed by atoms with Gasteiger partial charge in [0.05, 0.1) is 0 Å². The molecule has 1 aromatic rings. The van der Waals surface area contributed by atoms with Gasteiger partial charge in [0.15, 0.2) is 0 Å². The fourth-order valence-electron chi connectivity index (χ4n) is 3.54. The van der Waals surface area contributed by atoms with E-state index >= 15 is 0 Å². The quantitative estimate of drug-likeness (QED) is 0.796. The molecule has 3 atom stereocenters. The average molecular weight is 265 g/mol. The van der Waals surface area contributed by atoms with Crippen molar-refractivity contribution in [2.24, 2.45) is 11.8 Å². The van der Waals surface area contributed by atoms with E-state index in [1.54, 1.807) is 4.88 Å². The van der Waals surface area contributed by atoms with Crippen molar-refractivity contribution in [1.29, 1.82) is 0 Å². The van der Waals surface area contributed by atoms with Crippen molar-refractivity contribution in [2.75, 3.05) is 6.54 Å². The molecule has 1 aliphatic rings. The van der Waals surface area contributed by atoms with Crippen LogP contribution >= 0.6 is 11.3 Å². The van der Waals surface area contributed by atoms with Crippen LogP contribution in [-0.4, -0.2) is 6.54 Å². The molecule has 2 heteroatoms. The molecule has 0 aliphatic heterocycles. The Morgan fingerprint density at radius 2 is 2.11 bits per heavy atom. The van der Waals surface area contributed by atoms with Gasteiger partial charge in [0.25, 0.3) is 0 Å². The molecule has 0 saturated heterocycles. The van der Waals surface area contributed by atoms with E-state index in [4.69, 9.17) is 0 Å². The van der Waals surface area contributed by atoms with Gasteiger partial charge < -0.3 is 5.32 Å². The Hall–Kier alpha value is -0.340. The van der Waals surface area contributed by atoms with Crippen molar-refractivity contribution in [2.45, 2.75) is 58.9 Å². The minimum atomic E-state index is 0.597. The summed E-state index contributed by atoms with van der Waals surface area (Å²) >= 11 is 1.94. The van der Waals surface area contributed by atoms with Gasteiger partial charge in [-0.3, -0.25) is 0 Å². The molecule has 1 N–H and O–H groups in total. The molecule has 0 spiro atoms. The Morgan fingerprint density at radius 3 is 2.72 bits per heavy atom. The standard InChI is InChI=1S/C16H27NS/c1-4-13-8-6-7-9-14(13)15(17-5-2)16-12(3)10-11-18-16/h10-11,13-15,17H,4-9H2,1-3H3. The van der Waals surface area contributed by atoms with Gasteiger partial charge in [-0.25, -0.2) is 0 Å². The number of aryl methyl sites for hydroxylation is 1. The van der Waals surface area contributed by atoms with Crippen LogP contribution in [0.2, 0.25) is 0 Å². The maximum atomic E-state index is 3.77. The van der Waals surface area contributed by atoms with Gasteiger partial charge in [-0.15, -0.1) is 11.3 Å². The number of thiophene rings is 1. The highest BCUT2D eigenvalue weighted by Gasteiger charge is 2.32. The van der Waals surface area contributed by atoms with Crippen molar-refractivity contribution in [3.8, 4) is 0 Å². The summed E-state index contributed by atoms with van der Waals surface area (Å²) in [4.78, 5) is 1.59. The highest BCUT2D eigenvalue weighted by atomic mass is 32.1. The summed E-state index contributed by atoms with van der Waals surface area (Å²) in [5, 5.41) is 6.02. The van der Waals surface area contributed by atoms with Crippen LogP contribution in [0.4, 0.5) is 0 Å². The molecule has 102 valence electrons. The zero-order chi connectivity index (χ0) is 13.0. The van der Waals surface area contributed by atoms with Gasteiger partial charge in [0.1, 0.15) is 0 Å². The first-order valence-corrected chi connectivity index (χ1v) is 8.43. The predicted molar refractivity (Wildman–Crippen MR) is 81.2 cm³/mol. The molecule has 1 saturated carbocycles. The average Bonchev–Trinajstić information content (AvgIpc) is 2.82. The first-order valence-electron chi connectivity index (χ1n) is 7.55. The first-order chi connectivity index (χ1) is 8.77. The van der Waals surface area contributed by atoms with Crippen molar-refractivity contribution >= 4 is 11.3 Å². The fraction of sp³-hybridized carbons (Fsp3) is 0.750. The predicted octanol–water partition coefficient (Wildman–Crippen LogP) is 4.92. The summed E-state index contributed by atoms with van der Waals surface area (Å²) in [6.45, 7) is 7.95. The number of hydrogen-bond acceptors (Lipinski definition) is 2. The van der Waals surface area contributed by atoms with Gasteiger partial charge in [0.2, 0.25) is 0 Å². The third-order valence-electron chi connectivity index (χ3n) is 4.53. The van der Waals surface area contributed by atoms with E-state index in [1.165, 1.54) is 37.7 Å². The molecule has 0 bridgehead atoms. The molecule has 3 unspecified atom stereocenters. The Bertz CT molecular complexity index is 358. The molecule has 1 aliphatic carbocycles. The van der Waals surface area contributed by atoms with Crippen molar-refractivity contribution in [1.82, 2.24) is 5.32 Å². The minimum absolute atomic E-state index is 0.597. The smallest absolute Gasteiger partial charge is 0.0448 e. The van der Waals surface area contributed by atoms with Gasteiger partial charge in [-0.05, 0) is 48.7 Å². The Morgan fingerprint density at radius 1 is 1.33 bits per heavy atom. The van der Waals surface area contributed by atoms with Crippen LogP contribution in [0.5, 0.6) is 0 Å². The Kier molecular flexibility index (Phi) is 5.25. The maximum absolute atomic E-state index is 3.77. The summed E-state index contributed by atoms with van der Waals surface area (Å²) < 4.78 is 0. The van der Waals surface area contributed by atoms with Crippen molar-refractivity contribution in [3.63, 3.8) is 0 Å². The van der Waals surface area contributed by atoms with Crippen molar-refractivity contribution < 1.29 is 0 Å². The lowest BCUT2D eigenvalue weighted by Crippen LogP contribution is -2.34. The van der Waals surface area contributed by atoms with E-state index in [9.17, 15) is 0 Å². The van der Waals surface area contributed by atoms with Gasteiger partial charge in [-0.1, -0.05) is 39.5 Å². The maximum Gasteiger partial charge on any atom is 0.0448 e. The van der Waals surface area contributed by atoms with Crippen LogP contribution in [0.25, 0.3) is 0 Å². The van der Waals surface area contributed by atoms with Crippen LogP contribution in [0.1, 0.15) is 62.4 Å². The summed E-state index contributed by atoms with van der Waals surface area (Å²) in [7, 11) is 0.